The Bertz CT molecular complexity index is 1110. The van der Waals surface area contributed by atoms with E-state index >= 15 is 0 Å². The van der Waals surface area contributed by atoms with E-state index in [1.807, 2.05) is 41.8 Å². The number of anilines is 1. The highest BCUT2D eigenvalue weighted by Gasteiger charge is 2.21. The van der Waals surface area contributed by atoms with E-state index in [2.05, 4.69) is 5.32 Å². The van der Waals surface area contributed by atoms with E-state index in [0.717, 1.165) is 5.56 Å². The molecular formula is C23H24N2O4S2. The molecule has 0 aliphatic heterocycles. The lowest BCUT2D eigenvalue weighted by Gasteiger charge is -2.17. The largest absolute Gasteiger partial charge is 0.326 e. The van der Waals surface area contributed by atoms with Gasteiger partial charge in [0.25, 0.3) is 0 Å². The third kappa shape index (κ3) is 6.33. The van der Waals surface area contributed by atoms with Crippen molar-refractivity contribution in [3.05, 3.63) is 82.6 Å². The Kier molecular flexibility index (Phi) is 7.73. The minimum Gasteiger partial charge on any atom is -0.326 e. The van der Waals surface area contributed by atoms with Crippen molar-refractivity contribution in [2.75, 3.05) is 12.4 Å². The zero-order valence-electron chi connectivity index (χ0n) is 17.2. The van der Waals surface area contributed by atoms with Gasteiger partial charge in [0.15, 0.2) is 5.78 Å². The predicted molar refractivity (Wildman–Crippen MR) is 123 cm³/mol. The molecule has 3 rings (SSSR count). The van der Waals surface area contributed by atoms with Crippen LogP contribution < -0.4 is 5.32 Å². The number of benzene rings is 2. The van der Waals surface area contributed by atoms with Crippen LogP contribution >= 0.6 is 11.3 Å². The first-order valence-electron chi connectivity index (χ1n) is 9.83. The number of Topliss-reactive ketones (excluding diaryl/α,β-unsaturated/α-hetero) is 1. The summed E-state index contributed by atoms with van der Waals surface area (Å²) < 4.78 is 26.9. The van der Waals surface area contributed by atoms with Crippen molar-refractivity contribution in [2.45, 2.75) is 30.7 Å². The van der Waals surface area contributed by atoms with Gasteiger partial charge in [0.05, 0.1) is 9.77 Å². The first-order chi connectivity index (χ1) is 14.9. The van der Waals surface area contributed by atoms with Crippen molar-refractivity contribution in [2.24, 2.45) is 0 Å². The molecule has 0 aliphatic carbocycles. The van der Waals surface area contributed by atoms with Crippen molar-refractivity contribution in [3.8, 4) is 0 Å². The van der Waals surface area contributed by atoms with Crippen LogP contribution in [0.25, 0.3) is 0 Å². The molecule has 0 radical (unpaired) electrons. The monoisotopic (exact) mass is 456 g/mol. The summed E-state index contributed by atoms with van der Waals surface area (Å²) in [6.45, 7) is 0.270. The number of carbonyl (C=O) groups is 2. The highest BCUT2D eigenvalue weighted by atomic mass is 32.2. The van der Waals surface area contributed by atoms with Gasteiger partial charge in [0, 0.05) is 32.1 Å². The topological polar surface area (TPSA) is 83.6 Å². The van der Waals surface area contributed by atoms with Gasteiger partial charge in [0.1, 0.15) is 0 Å². The van der Waals surface area contributed by atoms with Crippen molar-refractivity contribution in [1.29, 1.82) is 0 Å². The van der Waals surface area contributed by atoms with Crippen LogP contribution in [0.4, 0.5) is 5.69 Å². The molecule has 0 aliphatic rings. The van der Waals surface area contributed by atoms with E-state index in [9.17, 15) is 18.0 Å². The molecule has 0 spiro atoms. The van der Waals surface area contributed by atoms with Crippen LogP contribution in [-0.4, -0.2) is 31.5 Å². The number of thiophene rings is 1. The van der Waals surface area contributed by atoms with Crippen LogP contribution in [0.5, 0.6) is 0 Å². The van der Waals surface area contributed by atoms with E-state index in [1.165, 1.54) is 34.8 Å². The summed E-state index contributed by atoms with van der Waals surface area (Å²) in [5, 5.41) is 4.59. The average molecular weight is 457 g/mol. The van der Waals surface area contributed by atoms with Gasteiger partial charge in [-0.25, -0.2) is 8.42 Å². The average Bonchev–Trinajstić information content (AvgIpc) is 3.30. The summed E-state index contributed by atoms with van der Waals surface area (Å²) >= 11 is 1.40. The van der Waals surface area contributed by atoms with E-state index in [4.69, 9.17) is 0 Å². The van der Waals surface area contributed by atoms with Gasteiger partial charge in [0.2, 0.25) is 15.9 Å². The molecule has 0 bridgehead atoms. The quantitative estimate of drug-likeness (QED) is 0.453. The Balaban J connectivity index is 1.51. The van der Waals surface area contributed by atoms with Crippen LogP contribution in [0.2, 0.25) is 0 Å². The summed E-state index contributed by atoms with van der Waals surface area (Å²) in [6.07, 6.45) is 0.995. The van der Waals surface area contributed by atoms with E-state index in [1.54, 1.807) is 18.2 Å². The Hall–Kier alpha value is -2.81. The number of amides is 1. The Morgan fingerprint density at radius 2 is 1.65 bits per heavy atom. The fourth-order valence-electron chi connectivity index (χ4n) is 3.01. The second-order valence-electron chi connectivity index (χ2n) is 7.07. The minimum atomic E-state index is -3.64. The molecule has 0 unspecified atom stereocenters. The number of nitrogens with one attached hydrogen (secondary N) is 1. The normalized spacial score (nSPS) is 11.4. The second-order valence-corrected chi connectivity index (χ2v) is 10.1. The van der Waals surface area contributed by atoms with Crippen molar-refractivity contribution >= 4 is 38.7 Å². The van der Waals surface area contributed by atoms with Crippen molar-refractivity contribution in [3.63, 3.8) is 0 Å². The van der Waals surface area contributed by atoms with Crippen LogP contribution in [0.15, 0.2) is 77.0 Å². The van der Waals surface area contributed by atoms with Crippen LogP contribution in [0.3, 0.4) is 0 Å². The molecule has 31 heavy (non-hydrogen) atoms. The molecule has 0 saturated heterocycles. The van der Waals surface area contributed by atoms with Gasteiger partial charge in [-0.15, -0.1) is 11.3 Å². The zero-order chi connectivity index (χ0) is 22.3. The van der Waals surface area contributed by atoms with Crippen molar-refractivity contribution < 1.29 is 18.0 Å². The fourth-order valence-corrected chi connectivity index (χ4v) is 4.86. The third-order valence-corrected chi connectivity index (χ3v) is 7.43. The zero-order valence-corrected chi connectivity index (χ0v) is 18.8. The summed E-state index contributed by atoms with van der Waals surface area (Å²) in [5.41, 5.74) is 1.41. The van der Waals surface area contributed by atoms with Gasteiger partial charge in [-0.2, -0.15) is 4.31 Å². The number of hydrogen-bond acceptors (Lipinski definition) is 5. The molecule has 1 aromatic heterocycles. The summed E-state index contributed by atoms with van der Waals surface area (Å²) in [4.78, 5) is 25.0. The highest BCUT2D eigenvalue weighted by Crippen LogP contribution is 2.20. The molecule has 1 amide bonds. The first-order valence-corrected chi connectivity index (χ1v) is 12.1. The van der Waals surface area contributed by atoms with Gasteiger partial charge < -0.3 is 5.32 Å². The molecule has 0 fully saturated rings. The molecule has 1 heterocycles. The van der Waals surface area contributed by atoms with E-state index in [0.29, 0.717) is 23.4 Å². The second kappa shape index (κ2) is 10.5. The van der Waals surface area contributed by atoms with Crippen LogP contribution in [0.1, 0.15) is 34.5 Å². The Morgan fingerprint density at radius 1 is 0.935 bits per heavy atom. The summed E-state index contributed by atoms with van der Waals surface area (Å²) in [7, 11) is -2.11. The molecular weight excluding hydrogens is 432 g/mol. The SMILES string of the molecule is CN(Cc1ccccc1)S(=O)(=O)c1ccc(NC(=O)CCCC(=O)c2cccs2)cc1. The lowest BCUT2D eigenvalue weighted by atomic mass is 10.1. The van der Waals surface area contributed by atoms with Gasteiger partial charge in [-0.3, -0.25) is 9.59 Å². The van der Waals surface area contributed by atoms with Crippen LogP contribution in [-0.2, 0) is 21.4 Å². The maximum absolute atomic E-state index is 12.8. The number of hydrogen-bond donors (Lipinski definition) is 1. The lowest BCUT2D eigenvalue weighted by Crippen LogP contribution is -2.26. The standard InChI is InChI=1S/C23H24N2O4S2/c1-25(17-18-7-3-2-4-8-18)31(28,29)20-14-12-19(13-15-20)24-23(27)11-5-9-21(26)22-10-6-16-30-22/h2-4,6-8,10,12-16H,5,9,11,17H2,1H3,(H,24,27). The van der Waals surface area contributed by atoms with Gasteiger partial charge in [-0.1, -0.05) is 36.4 Å². The van der Waals surface area contributed by atoms with E-state index < -0.39 is 10.0 Å². The molecule has 1 N–H and O–H groups in total. The summed E-state index contributed by atoms with van der Waals surface area (Å²) in [6, 6.07) is 19.1. The minimum absolute atomic E-state index is 0.0389. The molecule has 6 nitrogen and oxygen atoms in total. The lowest BCUT2D eigenvalue weighted by molar-refractivity contribution is -0.116. The predicted octanol–water partition coefficient (Wildman–Crippen LogP) is 4.56. The molecule has 0 saturated carbocycles. The maximum atomic E-state index is 12.8. The number of rotatable bonds is 10. The first kappa shape index (κ1) is 22.9. The molecule has 8 heteroatoms. The molecule has 162 valence electrons. The number of ketones is 1. The van der Waals surface area contributed by atoms with E-state index in [-0.39, 0.29) is 29.6 Å². The third-order valence-electron chi connectivity index (χ3n) is 4.70. The summed E-state index contributed by atoms with van der Waals surface area (Å²) in [5.74, 6) is -0.173. The molecule has 0 atom stereocenters. The van der Waals surface area contributed by atoms with Crippen molar-refractivity contribution in [1.82, 2.24) is 4.31 Å². The molecule has 2 aromatic carbocycles. The highest BCUT2D eigenvalue weighted by molar-refractivity contribution is 7.89. The number of carbonyl (C=O) groups excluding carboxylic acids is 2. The van der Waals surface area contributed by atoms with Gasteiger partial charge >= 0.3 is 0 Å². The Labute approximate surface area is 186 Å². The smallest absolute Gasteiger partial charge is 0.243 e. The fraction of sp³-hybridized carbons (Fsp3) is 0.217. The molecule has 3 aromatic rings. The van der Waals surface area contributed by atoms with Crippen LogP contribution in [0, 0.1) is 0 Å². The number of sulfonamides is 1. The maximum Gasteiger partial charge on any atom is 0.243 e. The Morgan fingerprint density at radius 3 is 2.29 bits per heavy atom. The van der Waals surface area contributed by atoms with Gasteiger partial charge in [-0.05, 0) is 47.7 Å². The number of nitrogens with zero attached hydrogens (tertiary/aromatic N) is 1.